The summed E-state index contributed by atoms with van der Waals surface area (Å²) in [6, 6.07) is 21.7. The standard InChI is InChI=1S/C16H13Se/c1-2-6-13(7-3-1)12-16-15-9-5-4-8-14(15)10-11-17-16/h1-11H,12H2/q+1. The van der Waals surface area contributed by atoms with E-state index in [9.17, 15) is 0 Å². The van der Waals surface area contributed by atoms with Gasteiger partial charge in [-0.15, -0.1) is 0 Å². The van der Waals surface area contributed by atoms with Crippen molar-refractivity contribution in [2.75, 3.05) is 0 Å². The fraction of sp³-hybridized carbons (Fsp3) is 0.0625. The van der Waals surface area contributed by atoms with E-state index in [0.717, 1.165) is 6.42 Å². The molecule has 0 bridgehead atoms. The Morgan fingerprint density at radius 2 is 1.53 bits per heavy atom. The molecule has 0 aliphatic heterocycles. The third-order valence-corrected chi connectivity index (χ3v) is 4.86. The Morgan fingerprint density at radius 3 is 2.41 bits per heavy atom. The first-order valence-electron chi connectivity index (χ1n) is 5.76. The van der Waals surface area contributed by atoms with Gasteiger partial charge >= 0.3 is 107 Å². The molecule has 0 fully saturated rings. The Labute approximate surface area is 107 Å². The molecule has 3 aromatic rings. The molecule has 0 spiro atoms. The fourth-order valence-corrected chi connectivity index (χ4v) is 4.04. The van der Waals surface area contributed by atoms with Crippen LogP contribution in [0.5, 0.6) is 0 Å². The SMILES string of the molecule is c1ccc(Cc2[se+]ccc3ccccc23)cc1. The summed E-state index contributed by atoms with van der Waals surface area (Å²) in [6.07, 6.45) is 1.09. The average Bonchev–Trinajstić information content (AvgIpc) is 2.40. The maximum atomic E-state index is 2.33. The van der Waals surface area contributed by atoms with Crippen molar-refractivity contribution in [3.05, 3.63) is 75.6 Å². The van der Waals surface area contributed by atoms with Crippen LogP contribution in [0.1, 0.15) is 10.0 Å². The first-order chi connectivity index (χ1) is 8.43. The molecule has 1 heteroatoms. The molecule has 0 saturated heterocycles. The van der Waals surface area contributed by atoms with Gasteiger partial charge in [-0.2, -0.15) is 0 Å². The molecule has 1 heterocycles. The molecule has 0 atom stereocenters. The second kappa shape index (κ2) is 4.83. The quantitative estimate of drug-likeness (QED) is 0.628. The molecule has 0 saturated carbocycles. The van der Waals surface area contributed by atoms with E-state index >= 15 is 0 Å². The summed E-state index contributed by atoms with van der Waals surface area (Å²) in [5, 5.41) is 2.81. The van der Waals surface area contributed by atoms with Gasteiger partial charge in [0.15, 0.2) is 0 Å². The van der Waals surface area contributed by atoms with Crippen LogP contribution in [-0.2, 0) is 6.42 Å². The molecule has 2 aromatic carbocycles. The molecule has 0 unspecified atom stereocenters. The van der Waals surface area contributed by atoms with Gasteiger partial charge in [0.25, 0.3) is 0 Å². The molecule has 3 rings (SSSR count). The Hall–Kier alpha value is -1.43. The van der Waals surface area contributed by atoms with E-state index in [1.807, 2.05) is 0 Å². The van der Waals surface area contributed by atoms with E-state index in [1.54, 1.807) is 4.44 Å². The van der Waals surface area contributed by atoms with Crippen LogP contribution in [0, 0.1) is 0 Å². The Bertz CT molecular complexity index is 624. The monoisotopic (exact) mass is 285 g/mol. The second-order valence-corrected chi connectivity index (χ2v) is 6.19. The van der Waals surface area contributed by atoms with Gasteiger partial charge in [0.2, 0.25) is 0 Å². The van der Waals surface area contributed by atoms with Crippen LogP contribution >= 0.6 is 0 Å². The third-order valence-electron chi connectivity index (χ3n) is 2.93. The molecular formula is C16H13Se+. The topological polar surface area (TPSA) is 0 Å². The Balaban J connectivity index is 2.06. The van der Waals surface area contributed by atoms with E-state index in [1.165, 1.54) is 16.3 Å². The zero-order chi connectivity index (χ0) is 11.5. The second-order valence-electron chi connectivity index (χ2n) is 4.09. The van der Waals surface area contributed by atoms with Gasteiger partial charge in [0, 0.05) is 0 Å². The number of hydrogen-bond acceptors (Lipinski definition) is 0. The van der Waals surface area contributed by atoms with E-state index in [4.69, 9.17) is 0 Å². The Morgan fingerprint density at radius 1 is 0.765 bits per heavy atom. The van der Waals surface area contributed by atoms with Crippen molar-refractivity contribution in [2.45, 2.75) is 6.42 Å². The van der Waals surface area contributed by atoms with Crippen molar-refractivity contribution in [2.24, 2.45) is 0 Å². The molecular weight excluding hydrogens is 271 g/mol. The summed E-state index contributed by atoms with van der Waals surface area (Å²) in [6.45, 7) is 0. The molecule has 0 radical (unpaired) electrons. The van der Waals surface area contributed by atoms with Crippen LogP contribution in [0.15, 0.2) is 65.6 Å². The minimum absolute atomic E-state index is 0.504. The molecule has 0 aliphatic carbocycles. The van der Waals surface area contributed by atoms with Crippen molar-refractivity contribution in [1.29, 1.82) is 0 Å². The zero-order valence-corrected chi connectivity index (χ0v) is 11.2. The molecule has 82 valence electrons. The number of rotatable bonds is 2. The summed E-state index contributed by atoms with van der Waals surface area (Å²) in [7, 11) is 0. The number of fused-ring (bicyclic) bond motifs is 1. The van der Waals surface area contributed by atoms with Crippen LogP contribution in [0.25, 0.3) is 10.8 Å². The van der Waals surface area contributed by atoms with Crippen LogP contribution in [0.2, 0.25) is 0 Å². The van der Waals surface area contributed by atoms with Gasteiger partial charge in [-0.25, -0.2) is 0 Å². The summed E-state index contributed by atoms with van der Waals surface area (Å²) >= 11 is 0.504. The normalized spacial score (nSPS) is 10.6. The average molecular weight is 284 g/mol. The molecule has 0 nitrogen and oxygen atoms in total. The molecule has 0 N–H and O–H groups in total. The van der Waals surface area contributed by atoms with E-state index in [-0.39, 0.29) is 0 Å². The van der Waals surface area contributed by atoms with Crippen molar-refractivity contribution in [3.8, 4) is 0 Å². The predicted octanol–water partition coefficient (Wildman–Crippen LogP) is 3.77. The van der Waals surface area contributed by atoms with Crippen molar-refractivity contribution in [1.82, 2.24) is 0 Å². The molecule has 1 aromatic heterocycles. The van der Waals surface area contributed by atoms with E-state index < -0.39 is 0 Å². The van der Waals surface area contributed by atoms with Gasteiger partial charge in [-0.05, 0) is 0 Å². The predicted molar refractivity (Wildman–Crippen MR) is 74.5 cm³/mol. The zero-order valence-electron chi connectivity index (χ0n) is 9.47. The van der Waals surface area contributed by atoms with Crippen LogP contribution in [0.3, 0.4) is 0 Å². The minimum atomic E-state index is 0.504. The van der Waals surface area contributed by atoms with Crippen molar-refractivity contribution >= 4 is 25.3 Å². The maximum absolute atomic E-state index is 2.33. The fourth-order valence-electron chi connectivity index (χ4n) is 2.07. The van der Waals surface area contributed by atoms with Crippen LogP contribution in [-0.4, -0.2) is 14.5 Å². The Kier molecular flexibility index (Phi) is 3.04. The van der Waals surface area contributed by atoms with Crippen molar-refractivity contribution in [3.63, 3.8) is 0 Å². The molecule has 17 heavy (non-hydrogen) atoms. The van der Waals surface area contributed by atoms with E-state index in [2.05, 4.69) is 65.6 Å². The van der Waals surface area contributed by atoms with Gasteiger partial charge in [0.1, 0.15) is 0 Å². The van der Waals surface area contributed by atoms with Crippen LogP contribution < -0.4 is 0 Å². The summed E-state index contributed by atoms with van der Waals surface area (Å²) in [5.74, 6) is 0. The van der Waals surface area contributed by atoms with E-state index in [0.29, 0.717) is 14.5 Å². The summed E-state index contributed by atoms with van der Waals surface area (Å²) < 4.78 is 1.59. The van der Waals surface area contributed by atoms with Gasteiger partial charge < -0.3 is 0 Å². The number of benzene rings is 2. The van der Waals surface area contributed by atoms with Crippen molar-refractivity contribution < 1.29 is 0 Å². The van der Waals surface area contributed by atoms with Gasteiger partial charge in [0.05, 0.1) is 0 Å². The first-order valence-corrected chi connectivity index (χ1v) is 7.60. The summed E-state index contributed by atoms with van der Waals surface area (Å²) in [5.41, 5.74) is 1.41. The third kappa shape index (κ3) is 2.31. The molecule has 0 aliphatic rings. The molecule has 0 amide bonds. The first kappa shape index (κ1) is 10.7. The van der Waals surface area contributed by atoms with Gasteiger partial charge in [-0.1, -0.05) is 0 Å². The van der Waals surface area contributed by atoms with Crippen LogP contribution in [0.4, 0.5) is 0 Å². The summed E-state index contributed by atoms with van der Waals surface area (Å²) in [4.78, 5) is 2.33. The number of hydrogen-bond donors (Lipinski definition) is 0. The van der Waals surface area contributed by atoms with Gasteiger partial charge in [-0.3, -0.25) is 0 Å².